The lowest BCUT2D eigenvalue weighted by Crippen LogP contribution is -2.07. The molecule has 2 rings (SSSR count). The average molecular weight is 449 g/mol. The molecule has 2 aromatic rings. The summed E-state index contributed by atoms with van der Waals surface area (Å²) in [6.07, 6.45) is 4.04. The molecule has 32 heavy (non-hydrogen) atoms. The van der Waals surface area contributed by atoms with Crippen LogP contribution < -0.4 is 28.4 Å². The highest BCUT2D eigenvalue weighted by atomic mass is 16.5. The van der Waals surface area contributed by atoms with Gasteiger partial charge >= 0.3 is 0 Å². The molecule has 0 aromatic heterocycles. The SMILES string of the molecule is CCCCCC(OCc1cc(OC)c(OC)c(OC)c1)c1cc(OC)c(OC)c(OC)c1. The van der Waals surface area contributed by atoms with Crippen LogP contribution in [0, 0.1) is 0 Å². The fourth-order valence-corrected chi connectivity index (χ4v) is 3.63. The zero-order valence-electron chi connectivity index (χ0n) is 20.3. The van der Waals surface area contributed by atoms with Crippen molar-refractivity contribution < 1.29 is 33.2 Å². The zero-order chi connectivity index (χ0) is 23.5. The summed E-state index contributed by atoms with van der Waals surface area (Å²) in [5.41, 5.74) is 1.90. The molecule has 0 fully saturated rings. The molecule has 0 aliphatic rings. The number of methoxy groups -OCH3 is 6. The van der Waals surface area contributed by atoms with E-state index in [9.17, 15) is 0 Å². The summed E-state index contributed by atoms with van der Waals surface area (Å²) in [5, 5.41) is 0. The van der Waals surface area contributed by atoms with Crippen LogP contribution in [0.1, 0.15) is 49.8 Å². The lowest BCUT2D eigenvalue weighted by molar-refractivity contribution is 0.0317. The predicted molar refractivity (Wildman–Crippen MR) is 124 cm³/mol. The van der Waals surface area contributed by atoms with E-state index in [0.717, 1.165) is 36.8 Å². The van der Waals surface area contributed by atoms with E-state index in [4.69, 9.17) is 33.2 Å². The van der Waals surface area contributed by atoms with Gasteiger partial charge in [-0.3, -0.25) is 0 Å². The van der Waals surface area contributed by atoms with Crippen LogP contribution in [0.4, 0.5) is 0 Å². The van der Waals surface area contributed by atoms with Crippen LogP contribution in [0.3, 0.4) is 0 Å². The van der Waals surface area contributed by atoms with Crippen LogP contribution in [0.5, 0.6) is 34.5 Å². The van der Waals surface area contributed by atoms with Gasteiger partial charge in [-0.1, -0.05) is 26.2 Å². The van der Waals surface area contributed by atoms with E-state index >= 15 is 0 Å². The monoisotopic (exact) mass is 448 g/mol. The van der Waals surface area contributed by atoms with Crippen LogP contribution in [-0.4, -0.2) is 42.7 Å². The topological polar surface area (TPSA) is 64.6 Å². The number of hydrogen-bond donors (Lipinski definition) is 0. The molecular formula is C25H36O7. The highest BCUT2D eigenvalue weighted by molar-refractivity contribution is 5.55. The molecule has 1 unspecified atom stereocenters. The van der Waals surface area contributed by atoms with E-state index in [0.29, 0.717) is 41.1 Å². The zero-order valence-corrected chi connectivity index (χ0v) is 20.3. The van der Waals surface area contributed by atoms with Crippen molar-refractivity contribution >= 4 is 0 Å². The fraction of sp³-hybridized carbons (Fsp3) is 0.520. The van der Waals surface area contributed by atoms with Gasteiger partial charge in [-0.2, -0.15) is 0 Å². The minimum Gasteiger partial charge on any atom is -0.493 e. The summed E-state index contributed by atoms with van der Waals surface area (Å²) < 4.78 is 39.3. The van der Waals surface area contributed by atoms with Gasteiger partial charge in [0, 0.05) is 0 Å². The van der Waals surface area contributed by atoms with Gasteiger partial charge in [-0.05, 0) is 41.8 Å². The molecule has 0 radical (unpaired) electrons. The average Bonchev–Trinajstić information content (AvgIpc) is 2.84. The number of rotatable bonds is 14. The largest absolute Gasteiger partial charge is 0.493 e. The van der Waals surface area contributed by atoms with E-state index in [-0.39, 0.29) is 6.10 Å². The highest BCUT2D eigenvalue weighted by Crippen LogP contribution is 2.42. The first-order chi connectivity index (χ1) is 15.6. The Morgan fingerprint density at radius 1 is 0.625 bits per heavy atom. The first-order valence-corrected chi connectivity index (χ1v) is 10.8. The lowest BCUT2D eigenvalue weighted by atomic mass is 10.0. The lowest BCUT2D eigenvalue weighted by Gasteiger charge is -2.22. The first kappa shape index (κ1) is 25.5. The van der Waals surface area contributed by atoms with E-state index in [1.165, 1.54) is 0 Å². The second-order valence-electron chi connectivity index (χ2n) is 7.29. The van der Waals surface area contributed by atoms with E-state index < -0.39 is 0 Å². The van der Waals surface area contributed by atoms with E-state index in [1.54, 1.807) is 42.7 Å². The number of benzene rings is 2. The number of ether oxygens (including phenoxy) is 7. The van der Waals surface area contributed by atoms with Gasteiger partial charge in [-0.25, -0.2) is 0 Å². The maximum absolute atomic E-state index is 6.40. The van der Waals surface area contributed by atoms with Gasteiger partial charge in [0.05, 0.1) is 55.4 Å². The molecule has 2 aromatic carbocycles. The molecule has 0 saturated heterocycles. The first-order valence-electron chi connectivity index (χ1n) is 10.8. The van der Waals surface area contributed by atoms with Crippen molar-refractivity contribution in [3.8, 4) is 34.5 Å². The van der Waals surface area contributed by atoms with Gasteiger partial charge in [0.2, 0.25) is 11.5 Å². The summed E-state index contributed by atoms with van der Waals surface area (Å²) in [5.74, 6) is 3.54. The van der Waals surface area contributed by atoms with Crippen molar-refractivity contribution in [3.05, 3.63) is 35.4 Å². The van der Waals surface area contributed by atoms with E-state index in [2.05, 4.69) is 6.92 Å². The highest BCUT2D eigenvalue weighted by Gasteiger charge is 2.20. The summed E-state index contributed by atoms with van der Waals surface area (Å²) in [4.78, 5) is 0. The molecule has 0 heterocycles. The third-order valence-electron chi connectivity index (χ3n) is 5.30. The molecule has 0 saturated carbocycles. The third kappa shape index (κ3) is 6.13. The maximum Gasteiger partial charge on any atom is 0.203 e. The van der Waals surface area contributed by atoms with Gasteiger partial charge in [0.25, 0.3) is 0 Å². The summed E-state index contributed by atoms with van der Waals surface area (Å²) in [6, 6.07) is 7.71. The van der Waals surface area contributed by atoms with Crippen molar-refractivity contribution in [1.82, 2.24) is 0 Å². The van der Waals surface area contributed by atoms with Crippen molar-refractivity contribution in [1.29, 1.82) is 0 Å². The van der Waals surface area contributed by atoms with Gasteiger partial charge in [-0.15, -0.1) is 0 Å². The van der Waals surface area contributed by atoms with Gasteiger partial charge in [0.1, 0.15) is 0 Å². The Balaban J connectivity index is 2.35. The molecule has 0 amide bonds. The molecule has 0 spiro atoms. The second kappa shape index (κ2) is 12.9. The van der Waals surface area contributed by atoms with Crippen LogP contribution in [0.2, 0.25) is 0 Å². The second-order valence-corrected chi connectivity index (χ2v) is 7.29. The summed E-state index contributed by atoms with van der Waals surface area (Å²) in [7, 11) is 9.62. The summed E-state index contributed by atoms with van der Waals surface area (Å²) >= 11 is 0. The van der Waals surface area contributed by atoms with Crippen LogP contribution >= 0.6 is 0 Å². The third-order valence-corrected chi connectivity index (χ3v) is 5.30. The minimum absolute atomic E-state index is 0.144. The quantitative estimate of drug-likeness (QED) is 0.350. The molecule has 0 aliphatic heterocycles. The maximum atomic E-state index is 6.40. The Kier molecular flexibility index (Phi) is 10.3. The van der Waals surface area contributed by atoms with Crippen molar-refractivity contribution in [2.45, 2.75) is 45.3 Å². The molecule has 1 atom stereocenters. The number of unbranched alkanes of at least 4 members (excludes halogenated alkanes) is 2. The summed E-state index contributed by atoms with van der Waals surface area (Å²) in [6.45, 7) is 2.56. The van der Waals surface area contributed by atoms with Crippen molar-refractivity contribution in [2.75, 3.05) is 42.7 Å². The number of hydrogen-bond acceptors (Lipinski definition) is 7. The minimum atomic E-state index is -0.144. The van der Waals surface area contributed by atoms with Crippen molar-refractivity contribution in [2.24, 2.45) is 0 Å². The molecular weight excluding hydrogens is 412 g/mol. The Morgan fingerprint density at radius 2 is 1.09 bits per heavy atom. The normalized spacial score (nSPS) is 11.6. The van der Waals surface area contributed by atoms with Gasteiger partial charge < -0.3 is 33.2 Å². The predicted octanol–water partition coefficient (Wildman–Crippen LogP) is 5.58. The standard InChI is InChI=1S/C25H36O7/c1-8-9-10-11-19(18-14-22(28-4)25(31-7)23(15-18)29-5)32-16-17-12-20(26-2)24(30-6)21(13-17)27-3/h12-15,19H,8-11,16H2,1-7H3. The van der Waals surface area contributed by atoms with E-state index in [1.807, 2.05) is 24.3 Å². The molecule has 0 N–H and O–H groups in total. The Bertz CT molecular complexity index is 800. The molecule has 178 valence electrons. The van der Waals surface area contributed by atoms with Crippen molar-refractivity contribution in [3.63, 3.8) is 0 Å². The molecule has 0 aliphatic carbocycles. The Labute approximate surface area is 191 Å². The van der Waals surface area contributed by atoms with Gasteiger partial charge in [0.15, 0.2) is 23.0 Å². The van der Waals surface area contributed by atoms with Crippen LogP contribution in [0.25, 0.3) is 0 Å². The fourth-order valence-electron chi connectivity index (χ4n) is 3.63. The molecule has 0 bridgehead atoms. The Hall–Kier alpha value is -2.80. The molecule has 7 heteroatoms. The van der Waals surface area contributed by atoms with Crippen LogP contribution in [-0.2, 0) is 11.3 Å². The molecule has 7 nitrogen and oxygen atoms in total. The van der Waals surface area contributed by atoms with Crippen LogP contribution in [0.15, 0.2) is 24.3 Å². The smallest absolute Gasteiger partial charge is 0.203 e. The Morgan fingerprint density at radius 3 is 1.50 bits per heavy atom.